The van der Waals surface area contributed by atoms with Gasteiger partial charge in [0, 0.05) is 52.5 Å². The summed E-state index contributed by atoms with van der Waals surface area (Å²) in [6.07, 6.45) is -10.2. The molecule has 0 saturated carbocycles. The van der Waals surface area contributed by atoms with Gasteiger partial charge in [-0.2, -0.15) is 0 Å². The molecule has 2 aromatic rings. The van der Waals surface area contributed by atoms with Crippen LogP contribution in [0.3, 0.4) is 0 Å². The maximum atomic E-state index is 16.6. The summed E-state index contributed by atoms with van der Waals surface area (Å²) in [6.45, 7) is -7.46. The van der Waals surface area contributed by atoms with E-state index in [2.05, 4.69) is 9.97 Å². The number of rotatable bonds is 5. The van der Waals surface area contributed by atoms with Crippen LogP contribution in [-0.4, -0.2) is 39.5 Å². The van der Waals surface area contributed by atoms with Gasteiger partial charge in [-0.1, -0.05) is 11.6 Å². The zero-order valence-corrected chi connectivity index (χ0v) is 14.6. The first kappa shape index (κ1) is 9.92. The Morgan fingerprint density at radius 2 is 2.22 bits per heavy atom. The number of piperidine rings is 1. The van der Waals surface area contributed by atoms with Gasteiger partial charge in [0.25, 0.3) is 5.91 Å². The third-order valence-corrected chi connectivity index (χ3v) is 3.97. The van der Waals surface area contributed by atoms with Gasteiger partial charge in [-0.15, -0.1) is 0 Å². The Morgan fingerprint density at radius 3 is 2.93 bits per heavy atom. The summed E-state index contributed by atoms with van der Waals surface area (Å²) >= 11 is 5.67. The fourth-order valence-electron chi connectivity index (χ4n) is 2.26. The second kappa shape index (κ2) is 8.30. The maximum Gasteiger partial charge on any atom is 0.253 e. The SMILES string of the molecule is [2H]C([2H])([2H])c1cnc(CCC([2H])([2H])C2(F)C([2H])([2H])CN(C(=O)c3ccc(F)c(Cl)c3)C([2H])([2H])C2([2H])[2H])nc1. The van der Waals surface area contributed by atoms with Crippen molar-refractivity contribution in [2.75, 3.05) is 13.0 Å². The molecule has 1 fully saturated rings. The predicted molar refractivity (Wildman–Crippen MR) is 100 cm³/mol. The summed E-state index contributed by atoms with van der Waals surface area (Å²) in [5.74, 6) is -2.34. The lowest BCUT2D eigenvalue weighted by molar-refractivity contribution is 0.0389. The molecular weight excluding hydrogens is 372 g/mol. The predicted octanol–water partition coefficient (Wildman–Crippen LogP) is 4.54. The summed E-state index contributed by atoms with van der Waals surface area (Å²) in [7, 11) is 0. The molecule has 0 radical (unpaired) electrons. The van der Waals surface area contributed by atoms with Crippen molar-refractivity contribution in [1.29, 1.82) is 0 Å². The molecule has 0 aliphatic carbocycles. The van der Waals surface area contributed by atoms with Crippen molar-refractivity contribution < 1.29 is 28.7 Å². The minimum Gasteiger partial charge on any atom is -0.338 e. The van der Waals surface area contributed by atoms with Crippen LogP contribution in [0, 0.1) is 12.7 Å². The summed E-state index contributed by atoms with van der Waals surface area (Å²) in [4.78, 5) is 20.7. The monoisotopic (exact) mass is 404 g/mol. The molecule has 1 atom stereocenters. The van der Waals surface area contributed by atoms with Gasteiger partial charge in [-0.25, -0.2) is 18.7 Å². The Balaban J connectivity index is 1.96. The number of alkyl halides is 1. The van der Waals surface area contributed by atoms with Gasteiger partial charge in [0.1, 0.15) is 17.3 Å². The van der Waals surface area contributed by atoms with E-state index >= 15 is 4.39 Å². The Morgan fingerprint density at radius 1 is 1.44 bits per heavy atom. The van der Waals surface area contributed by atoms with Gasteiger partial charge < -0.3 is 4.90 Å². The van der Waals surface area contributed by atoms with Crippen LogP contribution in [0.2, 0.25) is 5.02 Å². The number of amides is 1. The van der Waals surface area contributed by atoms with Gasteiger partial charge in [-0.05, 0) is 56.2 Å². The molecule has 1 amide bonds. The quantitative estimate of drug-likeness (QED) is 0.734. The van der Waals surface area contributed by atoms with E-state index in [4.69, 9.17) is 26.7 Å². The van der Waals surface area contributed by atoms with Gasteiger partial charge in [0.15, 0.2) is 0 Å². The third kappa shape index (κ3) is 5.01. The molecule has 1 aromatic carbocycles. The van der Waals surface area contributed by atoms with Crippen molar-refractivity contribution in [3.05, 3.63) is 58.4 Å². The molecule has 4 nitrogen and oxygen atoms in total. The largest absolute Gasteiger partial charge is 0.338 e. The highest BCUT2D eigenvalue weighted by Crippen LogP contribution is 2.32. The number of carbonyl (C=O) groups excluding carboxylic acids is 1. The van der Waals surface area contributed by atoms with E-state index in [1.807, 2.05) is 0 Å². The lowest BCUT2D eigenvalue weighted by Crippen LogP contribution is -2.44. The maximum absolute atomic E-state index is 16.6. The molecular formula is C20H22ClF2N3O. The summed E-state index contributed by atoms with van der Waals surface area (Å²) in [6, 6.07) is 2.54. The summed E-state index contributed by atoms with van der Waals surface area (Å²) in [5, 5.41) is -0.510. The van der Waals surface area contributed by atoms with Crippen LogP contribution in [0.25, 0.3) is 0 Å². The third-order valence-electron chi connectivity index (χ3n) is 3.68. The van der Waals surface area contributed by atoms with Crippen molar-refractivity contribution in [3.8, 4) is 0 Å². The molecule has 1 saturated heterocycles. The Bertz CT molecular complexity index is 1230. The first-order valence-electron chi connectivity index (χ1n) is 13.4. The molecule has 27 heavy (non-hydrogen) atoms. The minimum absolute atomic E-state index is 0.0983. The van der Waals surface area contributed by atoms with E-state index in [0.29, 0.717) is 0 Å². The van der Waals surface area contributed by atoms with Crippen molar-refractivity contribution in [1.82, 2.24) is 14.9 Å². The van der Waals surface area contributed by atoms with Gasteiger partial charge in [0.2, 0.25) is 0 Å². The van der Waals surface area contributed by atoms with E-state index in [9.17, 15) is 9.18 Å². The molecule has 7 heteroatoms. The van der Waals surface area contributed by atoms with Crippen LogP contribution in [-0.2, 0) is 6.42 Å². The van der Waals surface area contributed by atoms with Crippen LogP contribution >= 0.6 is 11.6 Å². The minimum atomic E-state index is -4.13. The van der Waals surface area contributed by atoms with Crippen molar-refractivity contribution in [2.24, 2.45) is 0 Å². The zero-order valence-electron chi connectivity index (χ0n) is 24.9. The van der Waals surface area contributed by atoms with Crippen LogP contribution in [0.5, 0.6) is 0 Å². The van der Waals surface area contributed by atoms with Crippen molar-refractivity contribution in [3.63, 3.8) is 0 Å². The number of benzene rings is 1. The molecule has 144 valence electrons. The van der Waals surface area contributed by atoms with E-state index < -0.39 is 79.8 Å². The van der Waals surface area contributed by atoms with E-state index in [0.717, 1.165) is 30.6 Å². The smallest absolute Gasteiger partial charge is 0.253 e. The summed E-state index contributed by atoms with van der Waals surface area (Å²) in [5.41, 5.74) is -4.75. The average Bonchev–Trinajstić information content (AvgIpc) is 2.80. The van der Waals surface area contributed by atoms with Crippen LogP contribution in [0.4, 0.5) is 8.78 Å². The highest BCUT2D eigenvalue weighted by Gasteiger charge is 2.35. The molecule has 1 aromatic heterocycles. The lowest BCUT2D eigenvalue weighted by Gasteiger charge is -2.36. The number of aromatic nitrogens is 2. The number of halogens is 3. The molecule has 1 unspecified atom stereocenters. The number of likely N-dealkylation sites (tertiary alicyclic amines) is 1. The standard InChI is InChI=1S/C20H22ClF2N3O/c1-14-12-24-18(25-13-14)3-2-6-20(23)7-9-26(10-8-20)19(27)15-4-5-17(22)16(21)11-15/h4-5,11-13H,2-3,6-10H2,1H3/i1D3,6D2,7D2,8D2,9D2. The number of carbonyl (C=O) groups is 1. The molecule has 1 aliphatic heterocycles. The Hall–Kier alpha value is -2.08. The Kier molecular flexibility index (Phi) is 3.05. The van der Waals surface area contributed by atoms with E-state index in [1.54, 1.807) is 0 Å². The second-order valence-corrected chi connectivity index (χ2v) is 6.06. The van der Waals surface area contributed by atoms with E-state index in [1.165, 1.54) is 0 Å². The fourth-order valence-corrected chi connectivity index (χ4v) is 2.44. The first-order valence-corrected chi connectivity index (χ1v) is 8.25. The highest BCUT2D eigenvalue weighted by atomic mass is 35.5. The second-order valence-electron chi connectivity index (χ2n) is 5.66. The number of hydrogen-bond acceptors (Lipinski definition) is 3. The molecule has 3 rings (SSSR count). The topological polar surface area (TPSA) is 46.1 Å². The zero-order chi connectivity index (χ0) is 29.1. The van der Waals surface area contributed by atoms with Crippen LogP contribution < -0.4 is 0 Å². The van der Waals surface area contributed by atoms with Gasteiger partial charge in [-0.3, -0.25) is 4.79 Å². The first-order chi connectivity index (χ1) is 17.1. The molecule has 0 N–H and O–H groups in total. The van der Waals surface area contributed by atoms with Crippen LogP contribution in [0.1, 0.15) is 62.4 Å². The summed E-state index contributed by atoms with van der Waals surface area (Å²) < 4.78 is 118. The normalized spacial score (nSPS) is 32.6. The van der Waals surface area contributed by atoms with Gasteiger partial charge >= 0.3 is 0 Å². The number of nitrogens with zero attached hydrogens (tertiary/aromatic N) is 3. The average molecular weight is 405 g/mol. The highest BCUT2D eigenvalue weighted by molar-refractivity contribution is 6.31. The molecule has 2 heterocycles. The van der Waals surface area contributed by atoms with E-state index in [-0.39, 0.29) is 16.3 Å². The molecule has 1 aliphatic rings. The van der Waals surface area contributed by atoms with Crippen molar-refractivity contribution >= 4 is 17.5 Å². The molecule has 0 spiro atoms. The Labute approximate surface area is 178 Å². The number of hydrogen-bond donors (Lipinski definition) is 0. The van der Waals surface area contributed by atoms with Gasteiger partial charge in [0.05, 0.1) is 5.02 Å². The van der Waals surface area contributed by atoms with Crippen LogP contribution in [0.15, 0.2) is 30.6 Å². The lowest BCUT2D eigenvalue weighted by atomic mass is 9.88. The molecule has 0 bridgehead atoms. The van der Waals surface area contributed by atoms with Crippen molar-refractivity contribution in [2.45, 2.75) is 44.5 Å². The fraction of sp³-hybridized carbons (Fsp3) is 0.450. The number of aryl methyl sites for hydroxylation is 2.